The Kier molecular flexibility index (Phi) is 8.33. The normalized spacial score (nSPS) is 14.7. The number of hydrogen-bond donors (Lipinski definition) is 0. The fourth-order valence-corrected chi connectivity index (χ4v) is 5.99. The van der Waals surface area contributed by atoms with Gasteiger partial charge in [-0.25, -0.2) is 8.42 Å². The SMILES string of the molecule is CCCn1cc(C(=O)N(CC)Cc2ccccc2)c(S(=O)(=O)N2CCN(c3ccc(Cl)cc3)CC2)n1. The molecule has 0 unspecified atom stereocenters. The van der Waals surface area contributed by atoms with Crippen molar-refractivity contribution in [3.63, 3.8) is 0 Å². The number of aryl methyl sites for hydroxylation is 1. The molecule has 0 N–H and O–H groups in total. The van der Waals surface area contributed by atoms with Crippen LogP contribution in [0.2, 0.25) is 5.02 Å². The Balaban J connectivity index is 1.57. The monoisotopic (exact) mass is 529 g/mol. The summed E-state index contributed by atoms with van der Waals surface area (Å²) in [5.74, 6) is -0.331. The first-order valence-corrected chi connectivity index (χ1v) is 14.1. The van der Waals surface area contributed by atoms with Crippen molar-refractivity contribution in [3.05, 3.63) is 76.9 Å². The van der Waals surface area contributed by atoms with Gasteiger partial charge in [-0.05, 0) is 43.2 Å². The van der Waals surface area contributed by atoms with Gasteiger partial charge >= 0.3 is 0 Å². The smallest absolute Gasteiger partial charge is 0.263 e. The molecule has 0 spiro atoms. The van der Waals surface area contributed by atoms with Gasteiger partial charge < -0.3 is 9.80 Å². The molecule has 1 aliphatic heterocycles. The lowest BCUT2D eigenvalue weighted by atomic mass is 10.2. The van der Waals surface area contributed by atoms with E-state index in [1.807, 2.05) is 68.4 Å². The highest BCUT2D eigenvalue weighted by Gasteiger charge is 2.35. The van der Waals surface area contributed by atoms with Gasteiger partial charge in [0, 0.05) is 62.7 Å². The quantitative estimate of drug-likeness (QED) is 0.416. The molecule has 36 heavy (non-hydrogen) atoms. The molecular formula is C26H32ClN5O3S. The summed E-state index contributed by atoms with van der Waals surface area (Å²) in [6, 6.07) is 17.2. The Morgan fingerprint density at radius 2 is 1.67 bits per heavy atom. The zero-order chi connectivity index (χ0) is 25.7. The van der Waals surface area contributed by atoms with Crippen molar-refractivity contribution in [1.82, 2.24) is 19.0 Å². The Morgan fingerprint density at radius 3 is 2.28 bits per heavy atom. The average Bonchev–Trinajstić information content (AvgIpc) is 3.33. The number of rotatable bonds is 9. The summed E-state index contributed by atoms with van der Waals surface area (Å²) in [7, 11) is -3.96. The van der Waals surface area contributed by atoms with Gasteiger partial charge in [0.15, 0.2) is 0 Å². The summed E-state index contributed by atoms with van der Waals surface area (Å²) in [5.41, 5.74) is 2.11. The summed E-state index contributed by atoms with van der Waals surface area (Å²) in [6.45, 7) is 6.94. The number of nitrogens with zero attached hydrogens (tertiary/aromatic N) is 5. The van der Waals surface area contributed by atoms with Gasteiger partial charge in [-0.1, -0.05) is 48.9 Å². The van der Waals surface area contributed by atoms with Crippen LogP contribution in [0.25, 0.3) is 0 Å². The lowest BCUT2D eigenvalue weighted by molar-refractivity contribution is 0.0748. The maximum Gasteiger partial charge on any atom is 0.263 e. The van der Waals surface area contributed by atoms with E-state index >= 15 is 0 Å². The molecule has 1 saturated heterocycles. The maximum atomic E-state index is 13.7. The number of piperazine rings is 1. The minimum absolute atomic E-state index is 0.126. The van der Waals surface area contributed by atoms with E-state index < -0.39 is 10.0 Å². The van der Waals surface area contributed by atoms with Gasteiger partial charge in [-0.2, -0.15) is 9.40 Å². The van der Waals surface area contributed by atoms with Crippen LogP contribution in [0.3, 0.4) is 0 Å². The molecule has 0 aliphatic carbocycles. The molecule has 8 nitrogen and oxygen atoms in total. The zero-order valence-electron chi connectivity index (χ0n) is 20.7. The van der Waals surface area contributed by atoms with Crippen LogP contribution < -0.4 is 4.90 Å². The van der Waals surface area contributed by atoms with Crippen molar-refractivity contribution < 1.29 is 13.2 Å². The fraction of sp³-hybridized carbons (Fsp3) is 0.385. The molecule has 1 amide bonds. The number of aromatic nitrogens is 2. The summed E-state index contributed by atoms with van der Waals surface area (Å²) in [6.07, 6.45) is 2.35. The molecule has 0 saturated carbocycles. The minimum Gasteiger partial charge on any atom is -0.369 e. The number of amides is 1. The molecule has 192 valence electrons. The molecule has 0 atom stereocenters. The second-order valence-electron chi connectivity index (χ2n) is 8.78. The molecule has 10 heteroatoms. The highest BCUT2D eigenvalue weighted by molar-refractivity contribution is 7.89. The van der Waals surface area contributed by atoms with Crippen molar-refractivity contribution in [2.24, 2.45) is 0 Å². The zero-order valence-corrected chi connectivity index (χ0v) is 22.2. The molecule has 1 aliphatic rings. The Bertz CT molecular complexity index is 1270. The third-order valence-corrected chi connectivity index (χ3v) is 8.40. The topological polar surface area (TPSA) is 78.8 Å². The van der Waals surface area contributed by atoms with E-state index in [0.717, 1.165) is 17.7 Å². The molecule has 2 aromatic carbocycles. The lowest BCUT2D eigenvalue weighted by Gasteiger charge is -2.35. The van der Waals surface area contributed by atoms with E-state index in [1.54, 1.807) is 15.8 Å². The van der Waals surface area contributed by atoms with Crippen LogP contribution in [0.15, 0.2) is 65.8 Å². The highest BCUT2D eigenvalue weighted by atomic mass is 35.5. The van der Waals surface area contributed by atoms with Crippen molar-refractivity contribution in [3.8, 4) is 0 Å². The second kappa shape index (κ2) is 11.5. The van der Waals surface area contributed by atoms with E-state index in [4.69, 9.17) is 11.6 Å². The summed E-state index contributed by atoms with van der Waals surface area (Å²) >= 11 is 6.00. The number of benzene rings is 2. The van der Waals surface area contributed by atoms with Gasteiger partial charge in [-0.3, -0.25) is 9.48 Å². The van der Waals surface area contributed by atoms with Crippen molar-refractivity contribution in [2.45, 2.75) is 38.4 Å². The number of hydrogen-bond acceptors (Lipinski definition) is 5. The largest absolute Gasteiger partial charge is 0.369 e. The minimum atomic E-state index is -3.96. The lowest BCUT2D eigenvalue weighted by Crippen LogP contribution is -2.49. The Morgan fingerprint density at radius 1 is 1.00 bits per heavy atom. The summed E-state index contributed by atoms with van der Waals surface area (Å²) < 4.78 is 30.5. The van der Waals surface area contributed by atoms with Crippen molar-refractivity contribution in [1.29, 1.82) is 0 Å². The predicted molar refractivity (Wildman–Crippen MR) is 142 cm³/mol. The predicted octanol–water partition coefficient (Wildman–Crippen LogP) is 4.12. The number of carbonyl (C=O) groups excluding carboxylic acids is 1. The molecule has 0 radical (unpaired) electrons. The first-order valence-electron chi connectivity index (χ1n) is 12.2. The van der Waals surface area contributed by atoms with Gasteiger partial charge in [-0.15, -0.1) is 0 Å². The van der Waals surface area contributed by atoms with Gasteiger partial charge in [0.2, 0.25) is 5.03 Å². The highest BCUT2D eigenvalue weighted by Crippen LogP contribution is 2.25. The molecule has 1 aromatic heterocycles. The first kappa shape index (κ1) is 26.2. The summed E-state index contributed by atoms with van der Waals surface area (Å²) in [5, 5.41) is 4.89. The van der Waals surface area contributed by atoms with Crippen LogP contribution in [0.1, 0.15) is 36.2 Å². The Hall–Kier alpha value is -2.88. The molecular weight excluding hydrogens is 498 g/mol. The van der Waals surface area contributed by atoms with Gasteiger partial charge in [0.1, 0.15) is 0 Å². The van der Waals surface area contributed by atoms with Crippen LogP contribution in [-0.4, -0.2) is 66.0 Å². The number of sulfonamides is 1. The van der Waals surface area contributed by atoms with E-state index in [2.05, 4.69) is 10.00 Å². The molecule has 1 fully saturated rings. The molecule has 2 heterocycles. The van der Waals surface area contributed by atoms with Crippen LogP contribution in [0.5, 0.6) is 0 Å². The van der Waals surface area contributed by atoms with E-state index in [9.17, 15) is 13.2 Å². The third-order valence-electron chi connectivity index (χ3n) is 6.31. The molecule has 0 bridgehead atoms. The van der Waals surface area contributed by atoms with Gasteiger partial charge in [0.05, 0.1) is 5.56 Å². The maximum absolute atomic E-state index is 13.7. The van der Waals surface area contributed by atoms with Crippen LogP contribution >= 0.6 is 11.6 Å². The molecule has 4 rings (SSSR count). The van der Waals surface area contributed by atoms with E-state index in [1.165, 1.54) is 4.31 Å². The number of carbonyl (C=O) groups is 1. The standard InChI is InChI=1S/C26H32ClN5O3S/c1-3-14-31-20-24(26(33)29(4-2)19-21-8-6-5-7-9-21)25(28-31)36(34,35)32-17-15-30(16-18-32)23-12-10-22(27)11-13-23/h5-13,20H,3-4,14-19H2,1-2H3. The van der Waals surface area contributed by atoms with Crippen molar-refractivity contribution in [2.75, 3.05) is 37.6 Å². The Labute approximate surface area is 218 Å². The average molecular weight is 530 g/mol. The van der Waals surface area contributed by atoms with E-state index in [0.29, 0.717) is 50.8 Å². The fourth-order valence-electron chi connectivity index (χ4n) is 4.35. The second-order valence-corrected chi connectivity index (χ2v) is 11.1. The number of halogens is 1. The van der Waals surface area contributed by atoms with Crippen molar-refractivity contribution >= 4 is 33.2 Å². The van der Waals surface area contributed by atoms with Crippen LogP contribution in [0.4, 0.5) is 5.69 Å². The third kappa shape index (κ3) is 5.74. The number of anilines is 1. The summed E-state index contributed by atoms with van der Waals surface area (Å²) in [4.78, 5) is 17.4. The molecule has 3 aromatic rings. The van der Waals surface area contributed by atoms with E-state index in [-0.39, 0.29) is 16.5 Å². The van der Waals surface area contributed by atoms with Gasteiger partial charge in [0.25, 0.3) is 15.9 Å². The van der Waals surface area contributed by atoms with Crippen LogP contribution in [-0.2, 0) is 23.1 Å². The first-order chi connectivity index (χ1) is 17.3. The van der Waals surface area contributed by atoms with Crippen LogP contribution in [0, 0.1) is 0 Å².